The highest BCUT2D eigenvalue weighted by molar-refractivity contribution is 6.33. The topological polar surface area (TPSA) is 78.8 Å². The summed E-state index contributed by atoms with van der Waals surface area (Å²) in [5.74, 6) is 2.57. The number of esters is 2. The molecule has 1 unspecified atom stereocenters. The van der Waals surface area contributed by atoms with Gasteiger partial charge in [-0.2, -0.15) is 0 Å². The molecule has 7 nitrogen and oxygen atoms in total. The lowest BCUT2D eigenvalue weighted by atomic mass is 9.75. The Morgan fingerprint density at radius 2 is 1.56 bits per heavy atom. The Bertz CT molecular complexity index is 1470. The Hall–Kier alpha value is -3.03. The van der Waals surface area contributed by atoms with Crippen LogP contribution < -0.4 is 5.32 Å². The summed E-state index contributed by atoms with van der Waals surface area (Å²) in [7, 11) is 2.82. The maximum atomic E-state index is 12.1. The van der Waals surface area contributed by atoms with Crippen molar-refractivity contribution in [2.75, 3.05) is 39.3 Å². The summed E-state index contributed by atoms with van der Waals surface area (Å²) < 4.78 is 17.7. The van der Waals surface area contributed by atoms with E-state index in [1.807, 2.05) is 12.1 Å². The van der Waals surface area contributed by atoms with Gasteiger partial charge in [-0.05, 0) is 123 Å². The number of hydrogen-bond acceptors (Lipinski definition) is 6. The van der Waals surface area contributed by atoms with Crippen molar-refractivity contribution in [2.45, 2.75) is 64.3 Å². The Morgan fingerprint density at radius 1 is 0.884 bits per heavy atom. The molecule has 3 fully saturated rings. The average molecular weight is 607 g/mol. The first-order valence-electron chi connectivity index (χ1n) is 15.9. The van der Waals surface area contributed by atoms with E-state index in [0.29, 0.717) is 16.1 Å². The van der Waals surface area contributed by atoms with Crippen molar-refractivity contribution in [3.63, 3.8) is 0 Å². The molecule has 43 heavy (non-hydrogen) atoms. The highest BCUT2D eigenvalue weighted by Gasteiger charge is 2.33. The molecule has 1 saturated heterocycles. The van der Waals surface area contributed by atoms with Crippen LogP contribution in [0.3, 0.4) is 0 Å². The molecule has 2 aromatic carbocycles. The number of carbonyl (C=O) groups is 2. The average Bonchev–Trinajstić information content (AvgIpc) is 3.99. The highest BCUT2D eigenvalue weighted by atomic mass is 35.5. The molecule has 0 amide bonds. The van der Waals surface area contributed by atoms with Crippen molar-refractivity contribution in [1.29, 1.82) is 0 Å². The van der Waals surface area contributed by atoms with E-state index >= 15 is 0 Å². The number of methoxy groups -OCH3 is 2. The van der Waals surface area contributed by atoms with E-state index in [9.17, 15) is 9.59 Å². The molecule has 4 aliphatic rings. The van der Waals surface area contributed by atoms with Gasteiger partial charge in [-0.25, -0.2) is 9.59 Å². The molecule has 2 heterocycles. The van der Waals surface area contributed by atoms with E-state index in [-0.39, 0.29) is 11.9 Å². The zero-order chi connectivity index (χ0) is 29.9. The van der Waals surface area contributed by atoms with Gasteiger partial charge in [0.2, 0.25) is 0 Å². The molecule has 1 N–H and O–H groups in total. The number of anilines is 1. The summed E-state index contributed by atoms with van der Waals surface area (Å²) in [5, 5.41) is 5.12. The molecule has 8 heteroatoms. The van der Waals surface area contributed by atoms with E-state index < -0.39 is 0 Å². The van der Waals surface area contributed by atoms with Crippen LogP contribution in [0.15, 0.2) is 36.4 Å². The number of halogens is 1. The van der Waals surface area contributed by atoms with Gasteiger partial charge in [-0.1, -0.05) is 11.6 Å². The molecule has 230 valence electrons. The Balaban J connectivity index is 0.000000176. The maximum absolute atomic E-state index is 12.1. The second kappa shape index (κ2) is 13.3. The van der Waals surface area contributed by atoms with E-state index in [1.54, 1.807) is 12.1 Å². The zero-order valence-corrected chi connectivity index (χ0v) is 26.1. The van der Waals surface area contributed by atoms with Crippen LogP contribution in [0.4, 0.5) is 5.69 Å². The summed E-state index contributed by atoms with van der Waals surface area (Å²) in [6.45, 7) is 3.94. The molecule has 0 bridgehead atoms. The van der Waals surface area contributed by atoms with Crippen LogP contribution in [0.1, 0.15) is 76.9 Å². The molecule has 7 rings (SSSR count). The quantitative estimate of drug-likeness (QED) is 0.271. The first kappa shape index (κ1) is 30.0. The van der Waals surface area contributed by atoms with Crippen LogP contribution in [0.25, 0.3) is 10.9 Å². The molecular weight excluding hydrogens is 564 g/mol. The molecular formula is C35H43ClN2O5. The third-order valence-electron chi connectivity index (χ3n) is 9.66. The molecule has 3 aliphatic carbocycles. The van der Waals surface area contributed by atoms with E-state index in [4.69, 9.17) is 21.1 Å². The number of carbonyl (C=O) groups excluding carboxylic acids is 2. The number of nitrogens with one attached hydrogen (secondary N) is 1. The van der Waals surface area contributed by atoms with E-state index in [0.717, 1.165) is 62.1 Å². The van der Waals surface area contributed by atoms with Gasteiger partial charge in [-0.15, -0.1) is 0 Å². The van der Waals surface area contributed by atoms with Crippen molar-refractivity contribution in [2.24, 2.45) is 23.7 Å². The van der Waals surface area contributed by atoms with Crippen molar-refractivity contribution in [3.8, 4) is 0 Å². The second-order valence-electron chi connectivity index (χ2n) is 12.7. The number of hydrogen-bond donors (Lipinski definition) is 1. The lowest BCUT2D eigenvalue weighted by Gasteiger charge is -2.33. The van der Waals surface area contributed by atoms with Crippen molar-refractivity contribution in [1.82, 2.24) is 4.57 Å². The summed E-state index contributed by atoms with van der Waals surface area (Å²) in [6, 6.07) is 11.3. The van der Waals surface area contributed by atoms with Crippen LogP contribution in [0.2, 0.25) is 5.02 Å². The predicted octanol–water partition coefficient (Wildman–Crippen LogP) is 7.32. The minimum Gasteiger partial charge on any atom is -0.465 e. The van der Waals surface area contributed by atoms with E-state index in [1.165, 1.54) is 87.7 Å². The van der Waals surface area contributed by atoms with Crippen LogP contribution in [0, 0.1) is 23.7 Å². The number of benzene rings is 2. The molecule has 3 aromatic rings. The summed E-state index contributed by atoms with van der Waals surface area (Å²) >= 11 is 6.06. The molecule has 1 aliphatic heterocycles. The fourth-order valence-corrected chi connectivity index (χ4v) is 7.01. The summed E-state index contributed by atoms with van der Waals surface area (Å²) in [4.78, 5) is 23.3. The molecule has 2 saturated carbocycles. The molecule has 0 radical (unpaired) electrons. The lowest BCUT2D eigenvalue weighted by Crippen LogP contribution is -2.28. The smallest absolute Gasteiger partial charge is 0.337 e. The first-order valence-corrected chi connectivity index (χ1v) is 16.2. The normalized spacial score (nSPS) is 20.1. The fourth-order valence-electron chi connectivity index (χ4n) is 6.76. The highest BCUT2D eigenvalue weighted by Crippen LogP contribution is 2.42. The SMILES string of the molecule is COC(=O)c1ccc(NCC2CC2)c(Cl)c1.COC(=O)c1ccc2c(c1)c1c(n2CC2CC2)CCC(C2CCOCC2)C1. The third-order valence-corrected chi connectivity index (χ3v) is 9.98. The Labute approximate surface area is 259 Å². The van der Waals surface area contributed by atoms with Gasteiger partial charge in [0.15, 0.2) is 0 Å². The Kier molecular flexibility index (Phi) is 9.29. The summed E-state index contributed by atoms with van der Waals surface area (Å²) in [5.41, 5.74) is 6.36. The fraction of sp³-hybridized carbons (Fsp3) is 0.543. The minimum absolute atomic E-state index is 0.239. The van der Waals surface area contributed by atoms with Crippen LogP contribution in [-0.4, -0.2) is 50.5 Å². The van der Waals surface area contributed by atoms with Crippen LogP contribution in [0.5, 0.6) is 0 Å². The maximum Gasteiger partial charge on any atom is 0.337 e. The number of ether oxygens (including phenoxy) is 3. The zero-order valence-electron chi connectivity index (χ0n) is 25.3. The monoisotopic (exact) mass is 606 g/mol. The van der Waals surface area contributed by atoms with Gasteiger partial charge in [0, 0.05) is 42.9 Å². The van der Waals surface area contributed by atoms with Crippen molar-refractivity contribution < 1.29 is 23.8 Å². The van der Waals surface area contributed by atoms with Crippen LogP contribution in [-0.2, 0) is 33.6 Å². The minimum atomic E-state index is -0.365. The number of aromatic nitrogens is 1. The molecule has 1 atom stereocenters. The molecule has 1 aromatic heterocycles. The van der Waals surface area contributed by atoms with Gasteiger partial charge in [-0.3, -0.25) is 0 Å². The van der Waals surface area contributed by atoms with Gasteiger partial charge < -0.3 is 24.1 Å². The standard InChI is InChI=1S/C23H29NO3.C12H14ClNO2/c1-26-23(25)18-5-7-22-20(13-18)19-12-17(16-8-10-27-11-9-16)4-6-21(19)24(22)14-15-2-3-15;1-16-12(15)9-4-5-11(10(13)6-9)14-7-8-2-3-8/h5,7,13,15-17H,2-4,6,8-12,14H2,1H3;4-6,8,14H,2-3,7H2,1H3. The number of nitrogens with zero attached hydrogens (tertiary/aromatic N) is 1. The lowest BCUT2D eigenvalue weighted by molar-refractivity contribution is 0.0438. The van der Waals surface area contributed by atoms with Gasteiger partial charge >= 0.3 is 11.9 Å². The Morgan fingerprint density at radius 3 is 2.21 bits per heavy atom. The van der Waals surface area contributed by atoms with Crippen molar-refractivity contribution >= 4 is 40.1 Å². The molecule has 0 spiro atoms. The largest absolute Gasteiger partial charge is 0.465 e. The number of fused-ring (bicyclic) bond motifs is 3. The predicted molar refractivity (Wildman–Crippen MR) is 169 cm³/mol. The second-order valence-corrected chi connectivity index (χ2v) is 13.1. The first-order chi connectivity index (χ1) is 20.9. The van der Waals surface area contributed by atoms with Gasteiger partial charge in [0.05, 0.1) is 36.1 Å². The van der Waals surface area contributed by atoms with E-state index in [2.05, 4.69) is 26.8 Å². The van der Waals surface area contributed by atoms with Crippen molar-refractivity contribution in [3.05, 3.63) is 63.8 Å². The number of rotatable bonds is 8. The van der Waals surface area contributed by atoms with Gasteiger partial charge in [0.25, 0.3) is 0 Å². The van der Waals surface area contributed by atoms with Gasteiger partial charge in [0.1, 0.15) is 0 Å². The van der Waals surface area contributed by atoms with Crippen LogP contribution >= 0.6 is 11.6 Å². The summed E-state index contributed by atoms with van der Waals surface area (Å²) in [6.07, 6.45) is 11.3. The third kappa shape index (κ3) is 7.04.